The lowest BCUT2D eigenvalue weighted by molar-refractivity contribution is -0.137. The molecule has 0 radical (unpaired) electrons. The molecule has 2 unspecified atom stereocenters. The summed E-state index contributed by atoms with van der Waals surface area (Å²) in [7, 11) is 1.71. The van der Waals surface area contributed by atoms with E-state index >= 15 is 0 Å². The van der Waals surface area contributed by atoms with Gasteiger partial charge in [0.15, 0.2) is 0 Å². The number of nitrogens with one attached hydrogen (secondary N) is 1. The molecule has 3 heterocycles. The zero-order valence-corrected chi connectivity index (χ0v) is 14.7. The van der Waals surface area contributed by atoms with Crippen molar-refractivity contribution in [1.29, 1.82) is 0 Å². The van der Waals surface area contributed by atoms with Crippen molar-refractivity contribution in [2.75, 3.05) is 7.05 Å². The first kappa shape index (κ1) is 21.0. The molecule has 0 aromatic carbocycles. The van der Waals surface area contributed by atoms with E-state index in [4.69, 9.17) is 0 Å². The molecule has 2 saturated heterocycles. The molecule has 1 N–H and O–H groups in total. The average molecular weight is 386 g/mol. The largest absolute Gasteiger partial charge is 0.417 e. The van der Waals surface area contributed by atoms with Crippen molar-refractivity contribution < 1.29 is 18.0 Å². The molecule has 2 fully saturated rings. The molecule has 0 spiro atoms. The summed E-state index contributed by atoms with van der Waals surface area (Å²) in [5.41, 5.74) is -0.784. The third-order valence-electron chi connectivity index (χ3n) is 4.63. The second-order valence-corrected chi connectivity index (χ2v) is 6.11. The number of pyridine rings is 1. The molecule has 9 heteroatoms. The van der Waals surface area contributed by atoms with Crippen LogP contribution < -0.4 is 5.32 Å². The highest BCUT2D eigenvalue weighted by molar-refractivity contribution is 5.92. The highest BCUT2D eigenvalue weighted by Gasteiger charge is 2.37. The van der Waals surface area contributed by atoms with Gasteiger partial charge < -0.3 is 10.2 Å². The Balaban J connectivity index is 0.00000144. The zero-order chi connectivity index (χ0) is 15.9. The lowest BCUT2D eigenvalue weighted by Crippen LogP contribution is -2.48. The van der Waals surface area contributed by atoms with Crippen molar-refractivity contribution >= 4 is 30.7 Å². The highest BCUT2D eigenvalue weighted by atomic mass is 35.5. The van der Waals surface area contributed by atoms with Gasteiger partial charge in [-0.2, -0.15) is 13.2 Å². The number of hydrogen-bond acceptors (Lipinski definition) is 3. The first-order valence-electron chi connectivity index (χ1n) is 7.41. The number of alkyl halides is 3. The second-order valence-electron chi connectivity index (χ2n) is 6.11. The van der Waals surface area contributed by atoms with E-state index in [9.17, 15) is 18.0 Å². The van der Waals surface area contributed by atoms with Crippen molar-refractivity contribution in [2.24, 2.45) is 0 Å². The summed E-state index contributed by atoms with van der Waals surface area (Å²) in [4.78, 5) is 17.7. The van der Waals surface area contributed by atoms with E-state index in [2.05, 4.69) is 10.3 Å². The molecule has 3 rings (SSSR count). The van der Waals surface area contributed by atoms with Gasteiger partial charge in [-0.25, -0.2) is 0 Å². The van der Waals surface area contributed by atoms with Crippen LogP contribution >= 0.6 is 24.8 Å². The summed E-state index contributed by atoms with van der Waals surface area (Å²) in [5.74, 6) is -0.319. The molecule has 24 heavy (non-hydrogen) atoms. The summed E-state index contributed by atoms with van der Waals surface area (Å²) in [5, 5.41) is 3.50. The summed E-state index contributed by atoms with van der Waals surface area (Å²) in [6, 6.07) is 3.06. The van der Waals surface area contributed by atoms with E-state index in [0.717, 1.165) is 37.8 Å². The van der Waals surface area contributed by atoms with E-state index in [1.54, 1.807) is 11.9 Å². The molecule has 1 aromatic rings. The fraction of sp³-hybridized carbons (Fsp3) is 0.600. The van der Waals surface area contributed by atoms with Gasteiger partial charge in [0.2, 0.25) is 0 Å². The Kier molecular flexibility index (Phi) is 6.90. The van der Waals surface area contributed by atoms with Crippen LogP contribution in [0.15, 0.2) is 18.3 Å². The average Bonchev–Trinajstić information content (AvgIpc) is 2.83. The van der Waals surface area contributed by atoms with Gasteiger partial charge in [-0.05, 0) is 37.8 Å². The molecule has 2 aliphatic rings. The Hall–Kier alpha value is -1.05. The smallest absolute Gasteiger partial charge is 0.337 e. The molecule has 0 aliphatic carbocycles. The van der Waals surface area contributed by atoms with Crippen molar-refractivity contribution in [3.8, 4) is 0 Å². The van der Waals surface area contributed by atoms with Crippen molar-refractivity contribution in [3.63, 3.8) is 0 Å². The molecule has 136 valence electrons. The Morgan fingerprint density at radius 1 is 1.21 bits per heavy atom. The summed E-state index contributed by atoms with van der Waals surface area (Å²) in [6.45, 7) is 0. The van der Waals surface area contributed by atoms with Gasteiger partial charge in [0.1, 0.15) is 5.69 Å². The van der Waals surface area contributed by atoms with Gasteiger partial charge in [0, 0.05) is 31.4 Å². The number of carbonyl (C=O) groups is 1. The number of rotatable bonds is 2. The standard InChI is InChI=1S/C15H18F3N3O.2ClH/c1-21(12-6-10-3-4-11(7-12)20-10)14(22)13-5-2-9(8-19-13)15(16,17)18;;/h2,5,8,10-12,20H,3-4,6-7H2,1H3;2*1H. The predicted octanol–water partition coefficient (Wildman–Crippen LogP) is 3.30. The Labute approximate surface area is 151 Å². The lowest BCUT2D eigenvalue weighted by atomic mass is 9.98. The summed E-state index contributed by atoms with van der Waals surface area (Å²) < 4.78 is 37.6. The molecule has 2 atom stereocenters. The SMILES string of the molecule is CN(C(=O)c1ccc(C(F)(F)F)cn1)C1CC2CCC(C1)N2.Cl.Cl. The van der Waals surface area contributed by atoms with Gasteiger partial charge in [-0.15, -0.1) is 24.8 Å². The molecular formula is C15H20Cl2F3N3O. The van der Waals surface area contributed by atoms with Crippen LogP contribution in [0.5, 0.6) is 0 Å². The number of aromatic nitrogens is 1. The monoisotopic (exact) mass is 385 g/mol. The fourth-order valence-corrected chi connectivity index (χ4v) is 3.38. The Bertz CT molecular complexity index is 556. The van der Waals surface area contributed by atoms with Crippen LogP contribution in [0.2, 0.25) is 0 Å². The minimum absolute atomic E-state index is 0. The van der Waals surface area contributed by atoms with Crippen LogP contribution in [0.3, 0.4) is 0 Å². The van der Waals surface area contributed by atoms with Crippen LogP contribution in [0.1, 0.15) is 41.7 Å². The quantitative estimate of drug-likeness (QED) is 0.849. The van der Waals surface area contributed by atoms with Gasteiger partial charge in [0.05, 0.1) is 5.56 Å². The maximum absolute atomic E-state index is 12.5. The predicted molar refractivity (Wildman–Crippen MR) is 88.8 cm³/mol. The van der Waals surface area contributed by atoms with E-state index in [1.807, 2.05) is 0 Å². The molecule has 0 saturated carbocycles. The van der Waals surface area contributed by atoms with Crippen LogP contribution in [-0.2, 0) is 6.18 Å². The number of nitrogens with zero attached hydrogens (tertiary/aromatic N) is 2. The van der Waals surface area contributed by atoms with Gasteiger partial charge >= 0.3 is 6.18 Å². The normalized spacial score (nSPS) is 25.4. The lowest BCUT2D eigenvalue weighted by Gasteiger charge is -2.35. The number of amides is 1. The highest BCUT2D eigenvalue weighted by Crippen LogP contribution is 2.30. The minimum atomic E-state index is -4.44. The Morgan fingerprint density at radius 3 is 2.25 bits per heavy atom. The van der Waals surface area contributed by atoms with E-state index in [-0.39, 0.29) is 42.5 Å². The number of hydrogen-bond donors (Lipinski definition) is 1. The van der Waals surface area contributed by atoms with Gasteiger partial charge in [0.25, 0.3) is 5.91 Å². The Morgan fingerprint density at radius 2 is 1.79 bits per heavy atom. The van der Waals surface area contributed by atoms with Crippen LogP contribution in [0.25, 0.3) is 0 Å². The first-order chi connectivity index (χ1) is 10.3. The third-order valence-corrected chi connectivity index (χ3v) is 4.63. The molecule has 4 nitrogen and oxygen atoms in total. The first-order valence-corrected chi connectivity index (χ1v) is 7.41. The third kappa shape index (κ3) is 4.32. The van der Waals surface area contributed by atoms with Gasteiger partial charge in [-0.3, -0.25) is 9.78 Å². The van der Waals surface area contributed by atoms with Crippen LogP contribution in [-0.4, -0.2) is 41.0 Å². The maximum atomic E-state index is 12.5. The number of piperidine rings is 1. The zero-order valence-electron chi connectivity index (χ0n) is 13.0. The molecule has 2 aliphatic heterocycles. The van der Waals surface area contributed by atoms with Crippen molar-refractivity contribution in [3.05, 3.63) is 29.6 Å². The van der Waals surface area contributed by atoms with E-state index in [1.165, 1.54) is 0 Å². The molecule has 2 bridgehead atoms. The number of fused-ring (bicyclic) bond motifs is 2. The number of halogens is 5. The molecule has 1 amide bonds. The molecular weight excluding hydrogens is 366 g/mol. The summed E-state index contributed by atoms with van der Waals surface area (Å²) in [6.07, 6.45) is 0.310. The van der Waals surface area contributed by atoms with Crippen molar-refractivity contribution in [2.45, 2.75) is 50.0 Å². The topological polar surface area (TPSA) is 45.2 Å². The van der Waals surface area contributed by atoms with Crippen LogP contribution in [0, 0.1) is 0 Å². The second kappa shape index (κ2) is 7.89. The van der Waals surface area contributed by atoms with Gasteiger partial charge in [-0.1, -0.05) is 0 Å². The fourth-order valence-electron chi connectivity index (χ4n) is 3.38. The summed E-state index contributed by atoms with van der Waals surface area (Å²) >= 11 is 0. The van der Waals surface area contributed by atoms with Crippen LogP contribution in [0.4, 0.5) is 13.2 Å². The number of carbonyl (C=O) groups excluding carboxylic acids is 1. The maximum Gasteiger partial charge on any atom is 0.417 e. The van der Waals surface area contributed by atoms with Crippen molar-refractivity contribution in [1.82, 2.24) is 15.2 Å². The molecule has 1 aromatic heterocycles. The van der Waals surface area contributed by atoms with E-state index < -0.39 is 11.7 Å². The minimum Gasteiger partial charge on any atom is -0.337 e. The van der Waals surface area contributed by atoms with E-state index in [0.29, 0.717) is 18.3 Å².